The zero-order chi connectivity index (χ0) is 24.8. The molecule has 0 aliphatic rings. The topological polar surface area (TPSA) is 35.0 Å². The molecule has 1 heterocycles. The second kappa shape index (κ2) is 11.4. The summed E-state index contributed by atoms with van der Waals surface area (Å²) in [5.74, 6) is 3.63. The molecule has 4 rings (SSSR count). The summed E-state index contributed by atoms with van der Waals surface area (Å²) in [6.07, 6.45) is 8.62. The monoisotopic (exact) mass is 540 g/mol. The Morgan fingerprint density at radius 2 is 1.80 bits per heavy atom. The number of rotatable bonds is 7. The molecule has 1 aromatic heterocycles. The standard InChI is InChI=1S/C30H25BrN2OS/c1-5-23(24-12-14-26(34-4)15-13-24)19-28-21(3)32-30(35-27-11-6-8-20(2)16-27)33-29(28)18-22-9-7-10-25(31)17-22/h1,6-17,19H,18H2,2-4H3/b23-19+. The number of hydrogen-bond donors (Lipinski definition) is 0. The van der Waals surface area contributed by atoms with Crippen LogP contribution >= 0.6 is 27.7 Å². The van der Waals surface area contributed by atoms with Crippen molar-refractivity contribution < 1.29 is 4.74 Å². The van der Waals surface area contributed by atoms with Gasteiger partial charge in [0.05, 0.1) is 12.8 Å². The molecule has 0 saturated heterocycles. The largest absolute Gasteiger partial charge is 0.497 e. The number of aryl methyl sites for hydroxylation is 2. The van der Waals surface area contributed by atoms with Gasteiger partial charge in [-0.2, -0.15) is 0 Å². The minimum Gasteiger partial charge on any atom is -0.497 e. The van der Waals surface area contributed by atoms with E-state index < -0.39 is 0 Å². The van der Waals surface area contributed by atoms with Gasteiger partial charge in [0.15, 0.2) is 5.16 Å². The van der Waals surface area contributed by atoms with E-state index in [0.717, 1.165) is 53.9 Å². The molecular weight excluding hydrogens is 516 g/mol. The number of terminal acetylenes is 1. The van der Waals surface area contributed by atoms with Crippen LogP contribution in [-0.2, 0) is 6.42 Å². The molecule has 4 aromatic rings. The lowest BCUT2D eigenvalue weighted by atomic mass is 9.99. The Hall–Kier alpha value is -3.33. The first-order valence-electron chi connectivity index (χ1n) is 11.1. The van der Waals surface area contributed by atoms with Crippen molar-refractivity contribution in [1.29, 1.82) is 0 Å². The predicted molar refractivity (Wildman–Crippen MR) is 149 cm³/mol. The molecule has 3 nitrogen and oxygen atoms in total. The lowest BCUT2D eigenvalue weighted by Gasteiger charge is -2.13. The summed E-state index contributed by atoms with van der Waals surface area (Å²) in [5, 5.41) is 0.724. The summed E-state index contributed by atoms with van der Waals surface area (Å²) in [6.45, 7) is 4.10. The zero-order valence-electron chi connectivity index (χ0n) is 19.9. The first kappa shape index (κ1) is 24.8. The van der Waals surface area contributed by atoms with E-state index in [4.69, 9.17) is 21.1 Å². The fraction of sp³-hybridized carbons (Fsp3) is 0.133. The van der Waals surface area contributed by atoms with E-state index in [1.165, 1.54) is 5.56 Å². The van der Waals surface area contributed by atoms with Gasteiger partial charge in [-0.05, 0) is 79.2 Å². The van der Waals surface area contributed by atoms with Crippen molar-refractivity contribution in [2.45, 2.75) is 30.3 Å². The summed E-state index contributed by atoms with van der Waals surface area (Å²) >= 11 is 5.15. The number of nitrogens with zero attached hydrogens (tertiary/aromatic N) is 2. The number of aromatic nitrogens is 2. The van der Waals surface area contributed by atoms with Gasteiger partial charge in [0.1, 0.15) is 5.75 Å². The zero-order valence-corrected chi connectivity index (χ0v) is 22.3. The molecular formula is C30H25BrN2OS. The van der Waals surface area contributed by atoms with E-state index in [1.54, 1.807) is 18.9 Å². The van der Waals surface area contributed by atoms with Crippen LogP contribution < -0.4 is 4.74 Å². The van der Waals surface area contributed by atoms with E-state index in [1.807, 2.05) is 49.4 Å². The van der Waals surface area contributed by atoms with E-state index in [9.17, 15) is 0 Å². The maximum absolute atomic E-state index is 5.94. The van der Waals surface area contributed by atoms with Gasteiger partial charge < -0.3 is 4.74 Å². The minimum absolute atomic E-state index is 0.663. The predicted octanol–water partition coefficient (Wildman–Crippen LogP) is 7.78. The highest BCUT2D eigenvalue weighted by molar-refractivity contribution is 9.10. The maximum Gasteiger partial charge on any atom is 0.192 e. The molecule has 0 fully saturated rings. The van der Waals surface area contributed by atoms with Gasteiger partial charge in [0, 0.05) is 32.6 Å². The second-order valence-corrected chi connectivity index (χ2v) is 10.1. The Balaban J connectivity index is 1.79. The SMILES string of the molecule is C#C/C(=C\c1c(C)nc(Sc2cccc(C)c2)nc1Cc1cccc(Br)c1)c1ccc(OC)cc1. The Bertz CT molecular complexity index is 1420. The van der Waals surface area contributed by atoms with Gasteiger partial charge in [-0.3, -0.25) is 0 Å². The average Bonchev–Trinajstić information content (AvgIpc) is 2.84. The highest BCUT2D eigenvalue weighted by Gasteiger charge is 2.14. The molecule has 3 aromatic carbocycles. The highest BCUT2D eigenvalue weighted by atomic mass is 79.9. The van der Waals surface area contributed by atoms with Gasteiger partial charge in [0.2, 0.25) is 0 Å². The maximum atomic E-state index is 5.94. The normalized spacial score (nSPS) is 11.2. The van der Waals surface area contributed by atoms with Crippen LogP contribution in [-0.4, -0.2) is 17.1 Å². The average molecular weight is 542 g/mol. The minimum atomic E-state index is 0.663. The van der Waals surface area contributed by atoms with Crippen LogP contribution in [0.25, 0.3) is 11.6 Å². The van der Waals surface area contributed by atoms with Crippen LogP contribution in [0.1, 0.15) is 33.6 Å². The molecule has 0 saturated carbocycles. The van der Waals surface area contributed by atoms with Gasteiger partial charge in [-0.1, -0.05) is 63.8 Å². The van der Waals surface area contributed by atoms with Crippen LogP contribution in [0, 0.1) is 26.2 Å². The van der Waals surface area contributed by atoms with Gasteiger partial charge >= 0.3 is 0 Å². The van der Waals surface area contributed by atoms with Crippen LogP contribution in [0.2, 0.25) is 0 Å². The van der Waals surface area contributed by atoms with Crippen LogP contribution in [0.5, 0.6) is 5.75 Å². The molecule has 0 aliphatic heterocycles. The van der Waals surface area contributed by atoms with Crippen molar-refractivity contribution >= 4 is 39.3 Å². The highest BCUT2D eigenvalue weighted by Crippen LogP contribution is 2.30. The van der Waals surface area contributed by atoms with E-state index in [0.29, 0.717) is 6.42 Å². The fourth-order valence-corrected chi connectivity index (χ4v) is 5.12. The third-order valence-electron chi connectivity index (χ3n) is 5.50. The van der Waals surface area contributed by atoms with Crippen molar-refractivity contribution in [3.8, 4) is 18.1 Å². The number of methoxy groups -OCH3 is 1. The van der Waals surface area contributed by atoms with Crippen LogP contribution in [0.3, 0.4) is 0 Å². The summed E-state index contributed by atoms with van der Waals surface area (Å²) < 4.78 is 6.32. The van der Waals surface area contributed by atoms with Gasteiger partial charge in [0.25, 0.3) is 0 Å². The van der Waals surface area contributed by atoms with Gasteiger partial charge in [-0.25, -0.2) is 9.97 Å². The van der Waals surface area contributed by atoms with Crippen molar-refractivity contribution in [2.24, 2.45) is 0 Å². The second-order valence-electron chi connectivity index (χ2n) is 8.11. The summed E-state index contributed by atoms with van der Waals surface area (Å²) in [7, 11) is 1.65. The first-order chi connectivity index (χ1) is 16.9. The van der Waals surface area contributed by atoms with Crippen molar-refractivity contribution in [3.63, 3.8) is 0 Å². The number of benzene rings is 3. The summed E-state index contributed by atoms with van der Waals surface area (Å²) in [6, 6.07) is 24.4. The fourth-order valence-electron chi connectivity index (χ4n) is 3.73. The Morgan fingerprint density at radius 3 is 2.49 bits per heavy atom. The third kappa shape index (κ3) is 6.42. The van der Waals surface area contributed by atoms with E-state index >= 15 is 0 Å². The molecule has 0 bridgehead atoms. The van der Waals surface area contributed by atoms with E-state index in [2.05, 4.69) is 65.2 Å². The number of allylic oxidation sites excluding steroid dienone is 1. The van der Waals surface area contributed by atoms with E-state index in [-0.39, 0.29) is 0 Å². The number of ether oxygens (including phenoxy) is 1. The summed E-state index contributed by atoms with van der Waals surface area (Å²) in [4.78, 5) is 10.9. The molecule has 0 N–H and O–H groups in total. The molecule has 0 unspecified atom stereocenters. The molecule has 174 valence electrons. The third-order valence-corrected chi connectivity index (χ3v) is 6.85. The molecule has 0 radical (unpaired) electrons. The Kier molecular flexibility index (Phi) is 8.07. The first-order valence-corrected chi connectivity index (χ1v) is 12.8. The molecule has 35 heavy (non-hydrogen) atoms. The molecule has 0 amide bonds. The summed E-state index contributed by atoms with van der Waals surface area (Å²) in [5.41, 5.74) is 6.85. The van der Waals surface area contributed by atoms with Crippen molar-refractivity contribution in [2.75, 3.05) is 7.11 Å². The lowest BCUT2D eigenvalue weighted by molar-refractivity contribution is 0.415. The molecule has 0 atom stereocenters. The molecule has 0 aliphatic carbocycles. The number of hydrogen-bond acceptors (Lipinski definition) is 4. The van der Waals surface area contributed by atoms with Crippen molar-refractivity contribution in [1.82, 2.24) is 9.97 Å². The molecule has 0 spiro atoms. The Labute approximate surface area is 219 Å². The lowest BCUT2D eigenvalue weighted by Crippen LogP contribution is -2.04. The number of halogens is 1. The Morgan fingerprint density at radius 1 is 1.03 bits per heavy atom. The molecule has 5 heteroatoms. The quantitative estimate of drug-likeness (QED) is 0.177. The van der Waals surface area contributed by atoms with Gasteiger partial charge in [-0.15, -0.1) is 6.42 Å². The van der Waals surface area contributed by atoms with Crippen molar-refractivity contribution in [3.05, 3.63) is 111 Å². The van der Waals surface area contributed by atoms with Crippen LogP contribution in [0.4, 0.5) is 0 Å². The van der Waals surface area contributed by atoms with Crippen LogP contribution in [0.15, 0.2) is 87.3 Å². The smallest absolute Gasteiger partial charge is 0.192 e.